The zero-order valence-electron chi connectivity index (χ0n) is 16.0. The van der Waals surface area contributed by atoms with Gasteiger partial charge >= 0.3 is 5.63 Å². The number of aromatic hydroxyl groups is 1. The molecule has 1 N–H and O–H groups in total. The molecule has 1 fully saturated rings. The van der Waals surface area contributed by atoms with E-state index in [4.69, 9.17) is 4.42 Å². The second kappa shape index (κ2) is 7.56. The van der Waals surface area contributed by atoms with Crippen molar-refractivity contribution in [2.75, 3.05) is 31.1 Å². The molecule has 10 nitrogen and oxygen atoms in total. The van der Waals surface area contributed by atoms with Gasteiger partial charge in [0.1, 0.15) is 24.0 Å². The summed E-state index contributed by atoms with van der Waals surface area (Å²) >= 11 is 0. The number of nitrogens with zero attached hydrogens (tertiary/aromatic N) is 7. The smallest absolute Gasteiger partial charge is 0.336 e. The molecule has 0 aliphatic carbocycles. The molecule has 1 aliphatic rings. The predicted octanol–water partition coefficient (Wildman–Crippen LogP) is 1.19. The Hall–Kier alpha value is -3.79. The van der Waals surface area contributed by atoms with Crippen LogP contribution >= 0.6 is 0 Å². The Bertz CT molecular complexity index is 1230. The molecule has 1 aromatic carbocycles. The molecule has 4 heterocycles. The summed E-state index contributed by atoms with van der Waals surface area (Å²) in [5.74, 6) is 1.42. The number of hydrogen-bond donors (Lipinski definition) is 1. The minimum atomic E-state index is -0.430. The van der Waals surface area contributed by atoms with Gasteiger partial charge in [-0.1, -0.05) is 0 Å². The van der Waals surface area contributed by atoms with E-state index in [0.29, 0.717) is 23.9 Å². The fourth-order valence-corrected chi connectivity index (χ4v) is 3.66. The van der Waals surface area contributed by atoms with Gasteiger partial charge in [-0.05, 0) is 17.7 Å². The molecule has 0 saturated carbocycles. The van der Waals surface area contributed by atoms with Crippen LogP contribution in [0.15, 0.2) is 58.4 Å². The third-order valence-electron chi connectivity index (χ3n) is 5.14. The largest absolute Gasteiger partial charge is 0.508 e. The molecule has 1 aliphatic heterocycles. The highest BCUT2D eigenvalue weighted by Gasteiger charge is 2.20. The molecule has 0 bridgehead atoms. The minimum absolute atomic E-state index is 0.0869. The van der Waals surface area contributed by atoms with Crippen LogP contribution in [0.25, 0.3) is 16.8 Å². The lowest BCUT2D eigenvalue weighted by Crippen LogP contribution is -2.46. The van der Waals surface area contributed by atoms with E-state index in [0.717, 1.165) is 37.1 Å². The number of rotatable bonds is 4. The van der Waals surface area contributed by atoms with Crippen molar-refractivity contribution in [1.82, 2.24) is 29.6 Å². The van der Waals surface area contributed by atoms with E-state index in [1.54, 1.807) is 35.4 Å². The Kier molecular flexibility index (Phi) is 4.60. The monoisotopic (exact) mass is 405 g/mol. The summed E-state index contributed by atoms with van der Waals surface area (Å²) in [4.78, 5) is 28.9. The summed E-state index contributed by atoms with van der Waals surface area (Å²) < 4.78 is 6.82. The van der Waals surface area contributed by atoms with Crippen molar-refractivity contribution in [2.24, 2.45) is 0 Å². The number of aromatic nitrogens is 5. The maximum absolute atomic E-state index is 11.5. The summed E-state index contributed by atoms with van der Waals surface area (Å²) in [6.07, 6.45) is 4.79. The first-order valence-corrected chi connectivity index (χ1v) is 9.57. The van der Waals surface area contributed by atoms with Gasteiger partial charge < -0.3 is 14.4 Å². The predicted molar refractivity (Wildman–Crippen MR) is 109 cm³/mol. The van der Waals surface area contributed by atoms with Crippen LogP contribution in [-0.4, -0.2) is 60.9 Å². The van der Waals surface area contributed by atoms with E-state index in [9.17, 15) is 9.90 Å². The lowest BCUT2D eigenvalue weighted by molar-refractivity contribution is 0.249. The third-order valence-corrected chi connectivity index (χ3v) is 5.14. The van der Waals surface area contributed by atoms with Gasteiger partial charge in [-0.15, -0.1) is 0 Å². The summed E-state index contributed by atoms with van der Waals surface area (Å²) in [6.45, 7) is 3.81. The van der Waals surface area contributed by atoms with Crippen LogP contribution in [0.4, 0.5) is 5.95 Å². The zero-order valence-corrected chi connectivity index (χ0v) is 16.0. The van der Waals surface area contributed by atoms with E-state index in [2.05, 4.69) is 29.9 Å². The summed E-state index contributed by atoms with van der Waals surface area (Å²) in [5.41, 5.74) is 0.891. The number of phenols is 1. The highest BCUT2D eigenvalue weighted by molar-refractivity contribution is 5.81. The number of benzene rings is 1. The van der Waals surface area contributed by atoms with E-state index in [1.165, 1.54) is 18.5 Å². The average Bonchev–Trinajstić information content (AvgIpc) is 3.29. The number of piperazine rings is 1. The van der Waals surface area contributed by atoms with Gasteiger partial charge in [0, 0.05) is 62.5 Å². The molecule has 0 radical (unpaired) electrons. The van der Waals surface area contributed by atoms with E-state index in [1.807, 2.05) is 0 Å². The molecule has 3 aromatic heterocycles. The average molecular weight is 405 g/mol. The number of anilines is 1. The number of hydrogen-bond acceptors (Lipinski definition) is 9. The molecule has 0 amide bonds. The van der Waals surface area contributed by atoms with Crippen molar-refractivity contribution < 1.29 is 9.52 Å². The van der Waals surface area contributed by atoms with Crippen molar-refractivity contribution in [3.05, 3.63) is 65.2 Å². The van der Waals surface area contributed by atoms with E-state index >= 15 is 0 Å². The quantitative estimate of drug-likeness (QED) is 0.500. The van der Waals surface area contributed by atoms with Gasteiger partial charge in [0.25, 0.3) is 0 Å². The molecule has 1 saturated heterocycles. The molecule has 5 rings (SSSR count). The first-order chi connectivity index (χ1) is 14.7. The SMILES string of the molecule is O=c1ccc2c(CN3CCN(c4nccc(-n5cncn5)n4)CC3)cc(O)cc2o1. The molecule has 0 spiro atoms. The van der Waals surface area contributed by atoms with Crippen molar-refractivity contribution in [2.45, 2.75) is 6.54 Å². The van der Waals surface area contributed by atoms with Gasteiger partial charge in [0.05, 0.1) is 0 Å². The Balaban J connectivity index is 1.30. The van der Waals surface area contributed by atoms with Crippen LogP contribution in [-0.2, 0) is 6.54 Å². The first kappa shape index (κ1) is 18.3. The van der Waals surface area contributed by atoms with Gasteiger partial charge in [-0.2, -0.15) is 10.1 Å². The lowest BCUT2D eigenvalue weighted by atomic mass is 10.1. The fourth-order valence-electron chi connectivity index (χ4n) is 3.66. The van der Waals surface area contributed by atoms with Crippen LogP contribution < -0.4 is 10.5 Å². The van der Waals surface area contributed by atoms with Crippen LogP contribution in [0.2, 0.25) is 0 Å². The maximum atomic E-state index is 11.5. The molecular formula is C20H19N7O3. The zero-order chi connectivity index (χ0) is 20.5. The number of phenolic OH excluding ortho intramolecular Hbond substituents is 1. The fraction of sp³-hybridized carbons (Fsp3) is 0.250. The summed E-state index contributed by atoms with van der Waals surface area (Å²) in [6, 6.07) is 8.13. The van der Waals surface area contributed by atoms with Gasteiger partial charge in [-0.25, -0.2) is 19.4 Å². The second-order valence-electron chi connectivity index (χ2n) is 7.09. The Morgan fingerprint density at radius 2 is 1.97 bits per heavy atom. The molecule has 4 aromatic rings. The Morgan fingerprint density at radius 3 is 2.77 bits per heavy atom. The molecule has 152 valence electrons. The number of fused-ring (bicyclic) bond motifs is 1. The minimum Gasteiger partial charge on any atom is -0.508 e. The van der Waals surface area contributed by atoms with Crippen molar-refractivity contribution in [3.63, 3.8) is 0 Å². The summed E-state index contributed by atoms with van der Waals surface area (Å²) in [5, 5.41) is 15.0. The highest BCUT2D eigenvalue weighted by Crippen LogP contribution is 2.25. The lowest BCUT2D eigenvalue weighted by Gasteiger charge is -2.34. The van der Waals surface area contributed by atoms with E-state index in [-0.39, 0.29) is 5.75 Å². The van der Waals surface area contributed by atoms with Gasteiger partial charge in [-0.3, -0.25) is 4.90 Å². The second-order valence-corrected chi connectivity index (χ2v) is 7.09. The first-order valence-electron chi connectivity index (χ1n) is 9.57. The molecule has 10 heteroatoms. The van der Waals surface area contributed by atoms with Crippen LogP contribution in [0.1, 0.15) is 5.56 Å². The van der Waals surface area contributed by atoms with Crippen LogP contribution in [0.3, 0.4) is 0 Å². The van der Waals surface area contributed by atoms with Crippen LogP contribution in [0.5, 0.6) is 5.75 Å². The topological polar surface area (TPSA) is 113 Å². The Morgan fingerprint density at radius 1 is 1.10 bits per heavy atom. The molecule has 30 heavy (non-hydrogen) atoms. The van der Waals surface area contributed by atoms with Crippen molar-refractivity contribution >= 4 is 16.9 Å². The molecule has 0 unspecified atom stereocenters. The van der Waals surface area contributed by atoms with Gasteiger partial charge in [0.2, 0.25) is 5.95 Å². The normalized spacial score (nSPS) is 15.0. The third kappa shape index (κ3) is 3.60. The van der Waals surface area contributed by atoms with Crippen LogP contribution in [0, 0.1) is 0 Å². The van der Waals surface area contributed by atoms with E-state index < -0.39 is 5.63 Å². The standard InChI is InChI=1S/C20H19N7O3/c28-15-9-14(16-1-2-19(29)30-17(16)10-15)11-25-5-7-26(8-6-25)20-22-4-3-18(24-20)27-13-21-12-23-27/h1-4,9-10,12-13,28H,5-8,11H2. The summed E-state index contributed by atoms with van der Waals surface area (Å²) in [7, 11) is 0. The Labute approximate surface area is 171 Å². The van der Waals surface area contributed by atoms with Gasteiger partial charge in [0.15, 0.2) is 5.82 Å². The van der Waals surface area contributed by atoms with Crippen molar-refractivity contribution in [3.8, 4) is 11.6 Å². The highest BCUT2D eigenvalue weighted by atomic mass is 16.4. The molecular weight excluding hydrogens is 386 g/mol. The maximum Gasteiger partial charge on any atom is 0.336 e. The molecule has 0 atom stereocenters. The van der Waals surface area contributed by atoms with Crippen molar-refractivity contribution in [1.29, 1.82) is 0 Å².